The zero-order chi connectivity index (χ0) is 16.1. The van der Waals surface area contributed by atoms with Crippen LogP contribution in [0.2, 0.25) is 0 Å². The molecule has 0 atom stereocenters. The molecule has 0 aromatic heterocycles. The van der Waals surface area contributed by atoms with Crippen molar-refractivity contribution >= 4 is 5.97 Å². The Hall–Kier alpha value is -1.03. The van der Waals surface area contributed by atoms with Gasteiger partial charge in [0.2, 0.25) is 0 Å². The number of nitrogens with zero attached hydrogens (tertiary/aromatic N) is 1. The minimum atomic E-state index is -0.976. The van der Waals surface area contributed by atoms with Gasteiger partial charge in [-0.1, -0.05) is 26.2 Å². The Labute approximate surface area is 130 Å². The van der Waals surface area contributed by atoms with E-state index in [0.29, 0.717) is 12.2 Å². The molecule has 0 aliphatic heterocycles. The van der Waals surface area contributed by atoms with Crippen molar-refractivity contribution in [3.8, 4) is 0 Å². The van der Waals surface area contributed by atoms with Gasteiger partial charge in [0, 0.05) is 12.4 Å². The van der Waals surface area contributed by atoms with Crippen molar-refractivity contribution in [2.75, 3.05) is 19.6 Å². The van der Waals surface area contributed by atoms with Crippen LogP contribution in [0, 0.1) is 0 Å². The number of quaternary nitrogens is 1. The molecule has 0 aromatic rings. The maximum atomic E-state index is 10.4. The number of hydrogen-bond acceptors (Lipinski definition) is 3. The molecule has 0 saturated carbocycles. The molecule has 4 nitrogen and oxygen atoms in total. The molecule has 1 N–H and O–H groups in total. The van der Waals surface area contributed by atoms with Crippen molar-refractivity contribution in [2.45, 2.75) is 72.1 Å². The number of hydrogen-bond donors (Lipinski definition) is 1. The minimum absolute atomic E-state index is 0.125. The van der Waals surface area contributed by atoms with Crippen LogP contribution in [0.25, 0.3) is 0 Å². The highest BCUT2D eigenvalue weighted by Gasteiger charge is 2.21. The molecular weight excluding hydrogens is 266 g/mol. The summed E-state index contributed by atoms with van der Waals surface area (Å²) < 4.78 is 0.729. The number of aliphatic hydroxyl groups is 1. The lowest BCUT2D eigenvalue weighted by molar-refractivity contribution is -0.877. The van der Waals surface area contributed by atoms with E-state index in [4.69, 9.17) is 0 Å². The van der Waals surface area contributed by atoms with Crippen LogP contribution in [0.15, 0.2) is 12.0 Å². The molecule has 0 fully saturated rings. The largest absolute Gasteiger partial charge is 0.550 e. The third-order valence-corrected chi connectivity index (χ3v) is 4.20. The first-order valence-corrected chi connectivity index (χ1v) is 8.46. The lowest BCUT2D eigenvalue weighted by Gasteiger charge is -2.33. The SMILES string of the molecule is CCCCCC/C(O)=C/[N+](CC)(CC)CCCCC(=O)[O-]. The van der Waals surface area contributed by atoms with Crippen LogP contribution in [0.3, 0.4) is 0 Å². The van der Waals surface area contributed by atoms with Crippen LogP contribution in [-0.2, 0) is 4.79 Å². The summed E-state index contributed by atoms with van der Waals surface area (Å²) in [7, 11) is 0. The van der Waals surface area contributed by atoms with Gasteiger partial charge in [0.1, 0.15) is 12.0 Å². The number of aliphatic hydroxyl groups excluding tert-OH is 1. The summed E-state index contributed by atoms with van der Waals surface area (Å²) in [6.07, 6.45) is 8.96. The quantitative estimate of drug-likeness (QED) is 0.323. The first-order chi connectivity index (χ1) is 9.99. The average molecular weight is 299 g/mol. The Balaban J connectivity index is 4.37. The van der Waals surface area contributed by atoms with Crippen molar-refractivity contribution in [1.29, 1.82) is 0 Å². The fourth-order valence-corrected chi connectivity index (χ4v) is 2.60. The standard InChI is InChI=1S/C17H33NO3/c1-4-7-8-9-12-16(19)15-18(5-2,6-3)14-11-10-13-17(20)21/h15H,4-14H2,1-3H3,(H-,19,20,21)/b16-15-. The van der Waals surface area contributed by atoms with Gasteiger partial charge >= 0.3 is 0 Å². The monoisotopic (exact) mass is 299 g/mol. The lowest BCUT2D eigenvalue weighted by Crippen LogP contribution is -2.43. The van der Waals surface area contributed by atoms with Gasteiger partial charge in [-0.15, -0.1) is 0 Å². The molecule has 0 rings (SSSR count). The summed E-state index contributed by atoms with van der Waals surface area (Å²) >= 11 is 0. The third kappa shape index (κ3) is 9.51. The van der Waals surface area contributed by atoms with E-state index < -0.39 is 5.97 Å². The number of carboxylic acids is 1. The van der Waals surface area contributed by atoms with E-state index in [1.165, 1.54) is 12.8 Å². The summed E-state index contributed by atoms with van der Waals surface area (Å²) in [6, 6.07) is 0. The summed E-state index contributed by atoms with van der Waals surface area (Å²) in [5, 5.41) is 20.6. The normalized spacial score (nSPS) is 12.6. The lowest BCUT2D eigenvalue weighted by atomic mass is 10.1. The Kier molecular flexibility index (Phi) is 11.0. The van der Waals surface area contributed by atoms with E-state index >= 15 is 0 Å². The molecule has 0 aliphatic rings. The Morgan fingerprint density at radius 3 is 2.14 bits per heavy atom. The number of carbonyl (C=O) groups excluding carboxylic acids is 1. The van der Waals surface area contributed by atoms with E-state index in [1.807, 2.05) is 6.20 Å². The van der Waals surface area contributed by atoms with Gasteiger partial charge in [-0.25, -0.2) is 0 Å². The van der Waals surface area contributed by atoms with Gasteiger partial charge in [-0.3, -0.25) is 4.48 Å². The summed E-state index contributed by atoms with van der Waals surface area (Å²) in [4.78, 5) is 10.4. The van der Waals surface area contributed by atoms with Gasteiger partial charge in [-0.05, 0) is 39.5 Å². The molecule has 0 saturated heterocycles. The van der Waals surface area contributed by atoms with Crippen molar-refractivity contribution in [2.24, 2.45) is 0 Å². The zero-order valence-electron chi connectivity index (χ0n) is 14.1. The maximum Gasteiger partial charge on any atom is 0.145 e. The van der Waals surface area contributed by atoms with E-state index in [0.717, 1.165) is 49.8 Å². The Morgan fingerprint density at radius 2 is 1.62 bits per heavy atom. The van der Waals surface area contributed by atoms with Crippen LogP contribution < -0.4 is 5.11 Å². The molecule has 0 aromatic carbocycles. The maximum absolute atomic E-state index is 10.4. The predicted octanol–water partition coefficient (Wildman–Crippen LogP) is 3.13. The third-order valence-electron chi connectivity index (χ3n) is 4.20. The number of unbranched alkanes of at least 4 members (excludes halogenated alkanes) is 4. The van der Waals surface area contributed by atoms with Gasteiger partial charge < -0.3 is 15.0 Å². The Morgan fingerprint density at radius 1 is 1.00 bits per heavy atom. The number of rotatable bonds is 13. The highest BCUT2D eigenvalue weighted by atomic mass is 16.4. The average Bonchev–Trinajstić information content (AvgIpc) is 2.46. The van der Waals surface area contributed by atoms with E-state index in [-0.39, 0.29) is 6.42 Å². The molecule has 21 heavy (non-hydrogen) atoms. The van der Waals surface area contributed by atoms with Crippen molar-refractivity contribution in [3.63, 3.8) is 0 Å². The molecule has 0 aliphatic carbocycles. The zero-order valence-corrected chi connectivity index (χ0v) is 14.1. The molecule has 0 heterocycles. The van der Waals surface area contributed by atoms with Gasteiger partial charge in [-0.2, -0.15) is 0 Å². The Bertz CT molecular complexity index is 309. The molecular formula is C17H33NO3. The number of carbonyl (C=O) groups is 1. The van der Waals surface area contributed by atoms with Crippen LogP contribution in [0.5, 0.6) is 0 Å². The summed E-state index contributed by atoms with van der Waals surface area (Å²) in [5.74, 6) is -0.495. The second-order valence-corrected chi connectivity index (χ2v) is 5.83. The smallest absolute Gasteiger partial charge is 0.145 e. The van der Waals surface area contributed by atoms with E-state index in [9.17, 15) is 15.0 Å². The highest BCUT2D eigenvalue weighted by Crippen LogP contribution is 2.16. The highest BCUT2D eigenvalue weighted by molar-refractivity contribution is 5.64. The van der Waals surface area contributed by atoms with Gasteiger partial charge in [0.05, 0.1) is 19.6 Å². The fraction of sp³-hybridized carbons (Fsp3) is 0.824. The first-order valence-electron chi connectivity index (χ1n) is 8.46. The molecule has 0 unspecified atom stereocenters. The second-order valence-electron chi connectivity index (χ2n) is 5.83. The fourth-order valence-electron chi connectivity index (χ4n) is 2.60. The van der Waals surface area contributed by atoms with Crippen LogP contribution in [0.1, 0.15) is 72.1 Å². The molecule has 4 heteroatoms. The molecule has 0 amide bonds. The number of carboxylic acid groups (broad SMARTS) is 1. The van der Waals surface area contributed by atoms with Crippen molar-refractivity contribution in [1.82, 2.24) is 0 Å². The topological polar surface area (TPSA) is 60.4 Å². The molecule has 0 spiro atoms. The first kappa shape index (κ1) is 20.0. The summed E-state index contributed by atoms with van der Waals surface area (Å²) in [6.45, 7) is 9.12. The van der Waals surface area contributed by atoms with Crippen molar-refractivity contribution in [3.05, 3.63) is 12.0 Å². The molecule has 0 radical (unpaired) electrons. The van der Waals surface area contributed by atoms with Crippen molar-refractivity contribution < 1.29 is 19.5 Å². The van der Waals surface area contributed by atoms with Crippen LogP contribution >= 0.6 is 0 Å². The van der Waals surface area contributed by atoms with Gasteiger partial charge in [0.15, 0.2) is 0 Å². The molecule has 0 bridgehead atoms. The minimum Gasteiger partial charge on any atom is -0.550 e. The van der Waals surface area contributed by atoms with Gasteiger partial charge in [0.25, 0.3) is 0 Å². The predicted molar refractivity (Wildman–Crippen MR) is 84.5 cm³/mol. The number of allylic oxidation sites excluding steroid dienone is 1. The van der Waals surface area contributed by atoms with E-state index in [2.05, 4.69) is 20.8 Å². The second kappa shape index (κ2) is 11.6. The van der Waals surface area contributed by atoms with Crippen LogP contribution in [0.4, 0.5) is 0 Å². The summed E-state index contributed by atoms with van der Waals surface area (Å²) in [5.41, 5.74) is 0. The number of aliphatic carboxylic acids is 1. The van der Waals surface area contributed by atoms with Crippen LogP contribution in [-0.4, -0.2) is 35.2 Å². The molecule has 124 valence electrons. The van der Waals surface area contributed by atoms with E-state index in [1.54, 1.807) is 0 Å².